The number of hydrogen-bond donors (Lipinski definition) is 0. The van der Waals surface area contributed by atoms with E-state index in [1.807, 2.05) is 4.90 Å². The number of likely N-dealkylation sites (tertiary alicyclic amines) is 1. The van der Waals surface area contributed by atoms with Crippen LogP contribution in [-0.4, -0.2) is 22.7 Å². The molecule has 0 aliphatic carbocycles. The summed E-state index contributed by atoms with van der Waals surface area (Å²) in [4.78, 5) is 13.5. The minimum Gasteiger partial charge on any atom is -0.337 e. The van der Waals surface area contributed by atoms with Crippen LogP contribution in [0.2, 0.25) is 0 Å². The number of amides is 1. The maximum atomic E-state index is 11.6. The SMILES string of the molecule is Cc1ccc(CN2CC(Cl)CC2=O)c(C)c1. The topological polar surface area (TPSA) is 20.3 Å². The number of rotatable bonds is 2. The van der Waals surface area contributed by atoms with Crippen LogP contribution in [0.25, 0.3) is 0 Å². The number of carbonyl (C=O) groups is 1. The monoisotopic (exact) mass is 237 g/mol. The Morgan fingerprint density at radius 3 is 2.75 bits per heavy atom. The van der Waals surface area contributed by atoms with Crippen molar-refractivity contribution in [3.05, 3.63) is 34.9 Å². The van der Waals surface area contributed by atoms with Crippen LogP contribution in [0.4, 0.5) is 0 Å². The molecule has 1 aromatic carbocycles. The number of benzene rings is 1. The van der Waals surface area contributed by atoms with Crippen LogP contribution in [0.1, 0.15) is 23.1 Å². The predicted octanol–water partition coefficient (Wildman–Crippen LogP) is 2.64. The molecule has 1 heterocycles. The summed E-state index contributed by atoms with van der Waals surface area (Å²) in [6.45, 7) is 5.52. The van der Waals surface area contributed by atoms with Gasteiger partial charge in [0.15, 0.2) is 0 Å². The first-order chi connectivity index (χ1) is 7.56. The fraction of sp³-hybridized carbons (Fsp3) is 0.462. The number of alkyl halides is 1. The number of hydrogen-bond acceptors (Lipinski definition) is 1. The van der Waals surface area contributed by atoms with Gasteiger partial charge in [0, 0.05) is 19.5 Å². The lowest BCUT2D eigenvalue weighted by atomic mass is 10.1. The Bertz CT molecular complexity index is 416. The normalized spacial score (nSPS) is 20.6. The molecule has 0 spiro atoms. The quantitative estimate of drug-likeness (QED) is 0.725. The van der Waals surface area contributed by atoms with E-state index in [1.54, 1.807) is 0 Å². The number of nitrogens with zero attached hydrogens (tertiary/aromatic N) is 1. The maximum absolute atomic E-state index is 11.6. The van der Waals surface area contributed by atoms with Crippen LogP contribution in [0.15, 0.2) is 18.2 Å². The molecule has 16 heavy (non-hydrogen) atoms. The smallest absolute Gasteiger partial charge is 0.224 e. The summed E-state index contributed by atoms with van der Waals surface area (Å²) < 4.78 is 0. The van der Waals surface area contributed by atoms with Crippen LogP contribution < -0.4 is 0 Å². The van der Waals surface area contributed by atoms with Gasteiger partial charge in [-0.3, -0.25) is 4.79 Å². The van der Waals surface area contributed by atoms with Crippen molar-refractivity contribution in [2.75, 3.05) is 6.54 Å². The molecular weight excluding hydrogens is 222 g/mol. The molecule has 1 aromatic rings. The molecule has 2 nitrogen and oxygen atoms in total. The van der Waals surface area contributed by atoms with Crippen LogP contribution in [-0.2, 0) is 11.3 Å². The molecule has 0 N–H and O–H groups in total. The van der Waals surface area contributed by atoms with Crippen molar-refractivity contribution in [3.63, 3.8) is 0 Å². The van der Waals surface area contributed by atoms with Gasteiger partial charge in [0.2, 0.25) is 5.91 Å². The zero-order chi connectivity index (χ0) is 11.7. The van der Waals surface area contributed by atoms with Crippen molar-refractivity contribution < 1.29 is 4.79 Å². The van der Waals surface area contributed by atoms with Crippen molar-refractivity contribution in [1.29, 1.82) is 0 Å². The highest BCUT2D eigenvalue weighted by Gasteiger charge is 2.27. The van der Waals surface area contributed by atoms with Crippen molar-refractivity contribution in [2.45, 2.75) is 32.2 Å². The van der Waals surface area contributed by atoms with E-state index in [0.29, 0.717) is 19.5 Å². The number of halogens is 1. The molecule has 0 radical (unpaired) electrons. The Balaban J connectivity index is 2.12. The van der Waals surface area contributed by atoms with Gasteiger partial charge in [0.25, 0.3) is 0 Å². The Kier molecular flexibility index (Phi) is 3.20. The van der Waals surface area contributed by atoms with E-state index >= 15 is 0 Å². The van der Waals surface area contributed by atoms with E-state index in [1.165, 1.54) is 16.7 Å². The average molecular weight is 238 g/mol. The zero-order valence-electron chi connectivity index (χ0n) is 9.66. The molecule has 1 atom stereocenters. The minimum atomic E-state index is -0.0155. The minimum absolute atomic E-state index is 0.0155. The number of carbonyl (C=O) groups excluding carboxylic acids is 1. The van der Waals surface area contributed by atoms with Gasteiger partial charge < -0.3 is 4.90 Å². The fourth-order valence-electron chi connectivity index (χ4n) is 2.11. The van der Waals surface area contributed by atoms with E-state index in [9.17, 15) is 4.79 Å². The summed E-state index contributed by atoms with van der Waals surface area (Å²) in [5, 5.41) is -0.0155. The summed E-state index contributed by atoms with van der Waals surface area (Å²) in [6.07, 6.45) is 0.479. The highest BCUT2D eigenvalue weighted by Crippen LogP contribution is 2.20. The molecule has 0 saturated carbocycles. The summed E-state index contributed by atoms with van der Waals surface area (Å²) >= 11 is 5.97. The van der Waals surface area contributed by atoms with Crippen molar-refractivity contribution >= 4 is 17.5 Å². The van der Waals surface area contributed by atoms with Crippen LogP contribution in [0, 0.1) is 13.8 Å². The van der Waals surface area contributed by atoms with E-state index in [-0.39, 0.29) is 11.3 Å². The highest BCUT2D eigenvalue weighted by molar-refractivity contribution is 6.22. The van der Waals surface area contributed by atoms with Crippen LogP contribution in [0.3, 0.4) is 0 Å². The molecule has 1 amide bonds. The van der Waals surface area contributed by atoms with Gasteiger partial charge >= 0.3 is 0 Å². The van der Waals surface area contributed by atoms with Crippen molar-refractivity contribution in [3.8, 4) is 0 Å². The van der Waals surface area contributed by atoms with Gasteiger partial charge in [0.1, 0.15) is 0 Å². The lowest BCUT2D eigenvalue weighted by Gasteiger charge is -2.17. The third-order valence-corrected chi connectivity index (χ3v) is 3.32. The van der Waals surface area contributed by atoms with E-state index in [2.05, 4.69) is 32.0 Å². The Labute approximate surface area is 101 Å². The summed E-state index contributed by atoms with van der Waals surface area (Å²) in [5.74, 6) is 0.167. The Hall–Kier alpha value is -1.02. The van der Waals surface area contributed by atoms with Crippen molar-refractivity contribution in [1.82, 2.24) is 4.90 Å². The summed E-state index contributed by atoms with van der Waals surface area (Å²) in [7, 11) is 0. The lowest BCUT2D eigenvalue weighted by Crippen LogP contribution is -2.25. The molecule has 1 fully saturated rings. The second kappa shape index (κ2) is 4.46. The number of aryl methyl sites for hydroxylation is 2. The van der Waals surface area contributed by atoms with Gasteiger partial charge in [-0.1, -0.05) is 23.8 Å². The third kappa shape index (κ3) is 2.38. The summed E-state index contributed by atoms with van der Waals surface area (Å²) in [6, 6.07) is 6.33. The fourth-order valence-corrected chi connectivity index (χ4v) is 2.40. The molecule has 3 heteroatoms. The Morgan fingerprint density at radius 1 is 1.44 bits per heavy atom. The molecule has 0 aromatic heterocycles. The molecule has 2 rings (SSSR count). The van der Waals surface area contributed by atoms with E-state index in [0.717, 1.165) is 0 Å². The first-order valence-corrected chi connectivity index (χ1v) is 5.98. The van der Waals surface area contributed by atoms with Gasteiger partial charge in [-0.05, 0) is 25.0 Å². The standard InChI is InChI=1S/C13H16ClNO/c1-9-3-4-11(10(2)5-9)7-15-8-12(14)6-13(15)16/h3-5,12H,6-8H2,1-2H3. The molecule has 1 aliphatic heterocycles. The molecule has 1 unspecified atom stereocenters. The maximum Gasteiger partial charge on any atom is 0.224 e. The third-order valence-electron chi connectivity index (χ3n) is 3.03. The molecular formula is C13H16ClNO. The van der Waals surface area contributed by atoms with Crippen LogP contribution in [0.5, 0.6) is 0 Å². The van der Waals surface area contributed by atoms with Gasteiger partial charge in [-0.2, -0.15) is 0 Å². The van der Waals surface area contributed by atoms with Crippen molar-refractivity contribution in [2.24, 2.45) is 0 Å². The molecule has 1 aliphatic rings. The summed E-state index contributed by atoms with van der Waals surface area (Å²) in [5.41, 5.74) is 3.71. The van der Waals surface area contributed by atoms with E-state index in [4.69, 9.17) is 11.6 Å². The van der Waals surface area contributed by atoms with Gasteiger partial charge in [-0.25, -0.2) is 0 Å². The molecule has 0 bridgehead atoms. The molecule has 1 saturated heterocycles. The van der Waals surface area contributed by atoms with Gasteiger partial charge in [-0.15, -0.1) is 11.6 Å². The molecule has 86 valence electrons. The average Bonchev–Trinajstić information content (AvgIpc) is 2.50. The van der Waals surface area contributed by atoms with Gasteiger partial charge in [0.05, 0.1) is 5.38 Å². The lowest BCUT2D eigenvalue weighted by molar-refractivity contribution is -0.128. The van der Waals surface area contributed by atoms with E-state index < -0.39 is 0 Å². The highest BCUT2D eigenvalue weighted by atomic mass is 35.5. The Morgan fingerprint density at radius 2 is 2.19 bits per heavy atom. The zero-order valence-corrected chi connectivity index (χ0v) is 10.4. The predicted molar refractivity (Wildman–Crippen MR) is 65.6 cm³/mol. The second-order valence-electron chi connectivity index (χ2n) is 4.51. The van der Waals surface area contributed by atoms with Crippen LogP contribution >= 0.6 is 11.6 Å². The second-order valence-corrected chi connectivity index (χ2v) is 5.12. The largest absolute Gasteiger partial charge is 0.337 e. The first-order valence-electron chi connectivity index (χ1n) is 5.54. The first kappa shape index (κ1) is 11.5.